The lowest BCUT2D eigenvalue weighted by Crippen LogP contribution is -2.43. The second-order valence-electron chi connectivity index (χ2n) is 10.2. The lowest BCUT2D eigenvalue weighted by molar-refractivity contribution is 0.300. The van der Waals surface area contributed by atoms with Gasteiger partial charge in [-0.15, -0.1) is 11.3 Å². The molecule has 3 aromatic rings. The largest absolute Gasteiger partial charge is 0.389 e. The van der Waals surface area contributed by atoms with Gasteiger partial charge in [-0.3, -0.25) is 0 Å². The molecule has 11 heteroatoms. The van der Waals surface area contributed by atoms with Crippen molar-refractivity contribution in [2.24, 2.45) is 5.73 Å². The van der Waals surface area contributed by atoms with Crippen LogP contribution in [0.5, 0.6) is 0 Å². The molecule has 0 amide bonds. The molecule has 5 N–H and O–H groups in total. The molecule has 5 heterocycles. The zero-order chi connectivity index (χ0) is 24.9. The highest BCUT2D eigenvalue weighted by atomic mass is 32.1. The van der Waals surface area contributed by atoms with E-state index in [1.807, 2.05) is 0 Å². The normalized spacial score (nSPS) is 24.1. The summed E-state index contributed by atoms with van der Waals surface area (Å²) >= 11 is 1.50. The van der Waals surface area contributed by atoms with Crippen LogP contribution < -0.4 is 26.6 Å². The van der Waals surface area contributed by atoms with Gasteiger partial charge in [0.05, 0.1) is 11.0 Å². The third-order valence-corrected chi connectivity index (χ3v) is 8.79. The maximum Gasteiger partial charge on any atom is 0.237 e. The molecule has 2 aliphatic heterocycles. The van der Waals surface area contributed by atoms with E-state index in [1.54, 1.807) is 0 Å². The number of fused-ring (bicyclic) bond motifs is 1. The summed E-state index contributed by atoms with van der Waals surface area (Å²) in [7, 11) is 0. The molecule has 2 fully saturated rings. The number of piperazine rings is 1. The van der Waals surface area contributed by atoms with Gasteiger partial charge in [0.25, 0.3) is 0 Å². The van der Waals surface area contributed by atoms with Crippen LogP contribution in [0.4, 0.5) is 16.5 Å². The van der Waals surface area contributed by atoms with Crippen LogP contribution >= 0.6 is 11.3 Å². The smallest absolute Gasteiger partial charge is 0.237 e. The number of nitrogens with zero attached hydrogens (tertiary/aromatic N) is 6. The number of thiophene rings is 1. The number of nitrogen functional groups attached to an aromatic ring is 1. The quantitative estimate of drug-likeness (QED) is 0.482. The van der Waals surface area contributed by atoms with Crippen LogP contribution in [-0.4, -0.2) is 60.4 Å². The molecule has 2 atom stereocenters. The molecule has 2 unspecified atom stereocenters. The fraction of sp³-hybridized carbons (Fsp3) is 0.520. The molecule has 10 nitrogen and oxygen atoms in total. The molecule has 0 spiro atoms. The third-order valence-electron chi connectivity index (χ3n) is 7.71. The van der Waals surface area contributed by atoms with E-state index in [9.17, 15) is 5.26 Å². The van der Waals surface area contributed by atoms with Crippen molar-refractivity contribution in [1.29, 1.82) is 5.26 Å². The van der Waals surface area contributed by atoms with E-state index < -0.39 is 5.41 Å². The number of nitrogens with two attached hydrogens (primary N) is 2. The Labute approximate surface area is 214 Å². The lowest BCUT2D eigenvalue weighted by Gasteiger charge is -2.31. The van der Waals surface area contributed by atoms with Crippen molar-refractivity contribution in [2.45, 2.75) is 44.1 Å². The van der Waals surface area contributed by atoms with Crippen molar-refractivity contribution in [3.05, 3.63) is 34.0 Å². The Bertz CT molecular complexity index is 1300. The first-order chi connectivity index (χ1) is 17.5. The number of anilines is 3. The van der Waals surface area contributed by atoms with Crippen LogP contribution in [0.2, 0.25) is 0 Å². The van der Waals surface area contributed by atoms with E-state index in [4.69, 9.17) is 26.0 Å². The van der Waals surface area contributed by atoms with Crippen LogP contribution in [-0.2, 0) is 11.8 Å². The van der Waals surface area contributed by atoms with Gasteiger partial charge < -0.3 is 31.1 Å². The Morgan fingerprint density at radius 1 is 1.22 bits per heavy atom. The summed E-state index contributed by atoms with van der Waals surface area (Å²) in [6.07, 6.45) is 3.66. The maximum atomic E-state index is 9.81. The minimum atomic E-state index is -0.557. The van der Waals surface area contributed by atoms with Crippen molar-refractivity contribution in [3.63, 3.8) is 0 Å². The molecule has 36 heavy (non-hydrogen) atoms. The van der Waals surface area contributed by atoms with Gasteiger partial charge >= 0.3 is 0 Å². The van der Waals surface area contributed by atoms with Crippen molar-refractivity contribution in [3.8, 4) is 17.6 Å². The molecule has 1 aliphatic carbocycles. The number of nitriles is 1. The van der Waals surface area contributed by atoms with Gasteiger partial charge in [-0.2, -0.15) is 10.2 Å². The molecule has 0 radical (unpaired) electrons. The van der Waals surface area contributed by atoms with Gasteiger partial charge in [0.15, 0.2) is 0 Å². The topological polar surface area (TPSA) is 146 Å². The van der Waals surface area contributed by atoms with E-state index >= 15 is 0 Å². The van der Waals surface area contributed by atoms with Gasteiger partial charge in [-0.05, 0) is 38.7 Å². The van der Waals surface area contributed by atoms with E-state index in [0.29, 0.717) is 28.0 Å². The number of hydrogen-bond acceptors (Lipinski definition) is 11. The number of hydrogen-bond donors (Lipinski definition) is 3. The average Bonchev–Trinajstić information content (AvgIpc) is 3.63. The van der Waals surface area contributed by atoms with Gasteiger partial charge in [-0.1, -0.05) is 5.16 Å². The predicted molar refractivity (Wildman–Crippen MR) is 140 cm³/mol. The summed E-state index contributed by atoms with van der Waals surface area (Å²) in [4.78, 5) is 15.6. The summed E-state index contributed by atoms with van der Waals surface area (Å²) in [6.45, 7) is 7.49. The van der Waals surface area contributed by atoms with E-state index in [1.165, 1.54) is 11.3 Å². The summed E-state index contributed by atoms with van der Waals surface area (Å²) in [6, 6.07) is 6.67. The molecule has 0 bridgehead atoms. The number of nitrogens with one attached hydrogen (secondary N) is 1. The number of rotatable bonds is 4. The second-order valence-corrected chi connectivity index (χ2v) is 11.3. The Kier molecular flexibility index (Phi) is 5.82. The van der Waals surface area contributed by atoms with Crippen molar-refractivity contribution >= 4 is 27.8 Å². The molecular formula is C25H31N9OS. The highest BCUT2D eigenvalue weighted by molar-refractivity contribution is 7.16. The summed E-state index contributed by atoms with van der Waals surface area (Å²) < 4.78 is 5.89. The van der Waals surface area contributed by atoms with Crippen LogP contribution in [0, 0.1) is 11.3 Å². The third kappa shape index (κ3) is 3.89. The van der Waals surface area contributed by atoms with Crippen LogP contribution in [0.1, 0.15) is 48.1 Å². The second kappa shape index (κ2) is 9.03. The van der Waals surface area contributed by atoms with E-state index in [2.05, 4.69) is 45.4 Å². The Balaban J connectivity index is 1.40. The standard InChI is InChI=1S/C25H31N9OS/c1-25(5-2-3-19-21(25)17(13-26)22(28)36-19)24-31-23(32-35-24)18-11-16(33-9-6-29-7-10-33)12-20(30-18)34-8-4-15(27)14-34/h11-12,15,29H,2-10,14,27-28H2,1H3. The summed E-state index contributed by atoms with van der Waals surface area (Å²) in [5.74, 6) is 1.86. The van der Waals surface area contributed by atoms with Crippen molar-refractivity contribution < 1.29 is 4.52 Å². The molecule has 3 aliphatic rings. The first-order valence-corrected chi connectivity index (χ1v) is 13.4. The molecule has 0 aromatic carbocycles. The molecule has 3 aromatic heterocycles. The monoisotopic (exact) mass is 505 g/mol. The number of aryl methyl sites for hydroxylation is 1. The summed E-state index contributed by atoms with van der Waals surface area (Å²) in [5.41, 5.74) is 15.1. The molecule has 6 rings (SSSR count). The summed E-state index contributed by atoms with van der Waals surface area (Å²) in [5, 5.41) is 18.2. The zero-order valence-corrected chi connectivity index (χ0v) is 21.3. The van der Waals surface area contributed by atoms with Crippen LogP contribution in [0.25, 0.3) is 11.5 Å². The number of pyridine rings is 1. The van der Waals surface area contributed by atoms with Crippen LogP contribution in [0.3, 0.4) is 0 Å². The fourth-order valence-corrected chi connectivity index (χ4v) is 6.93. The average molecular weight is 506 g/mol. The van der Waals surface area contributed by atoms with Gasteiger partial charge in [0, 0.05) is 67.5 Å². The van der Waals surface area contributed by atoms with Crippen LogP contribution in [0.15, 0.2) is 16.7 Å². The highest BCUT2D eigenvalue weighted by Gasteiger charge is 2.43. The predicted octanol–water partition coefficient (Wildman–Crippen LogP) is 2.24. The van der Waals surface area contributed by atoms with Crippen molar-refractivity contribution in [2.75, 3.05) is 54.8 Å². The zero-order valence-electron chi connectivity index (χ0n) is 20.5. The Hall–Kier alpha value is -3.20. The first kappa shape index (κ1) is 23.2. The highest BCUT2D eigenvalue weighted by Crippen LogP contribution is 2.48. The van der Waals surface area contributed by atoms with E-state index in [0.717, 1.165) is 86.9 Å². The molecular weight excluding hydrogens is 474 g/mol. The Morgan fingerprint density at radius 2 is 2.06 bits per heavy atom. The molecule has 0 saturated carbocycles. The van der Waals surface area contributed by atoms with Crippen molar-refractivity contribution in [1.82, 2.24) is 20.4 Å². The SMILES string of the molecule is CC1(c2nc(-c3cc(N4CCNCC4)cc(N4CCC(N)C4)n3)no2)CCCc2sc(N)c(C#N)c21. The number of aromatic nitrogens is 3. The fourth-order valence-electron chi connectivity index (χ4n) is 5.74. The van der Waals surface area contributed by atoms with E-state index in [-0.39, 0.29) is 6.04 Å². The van der Waals surface area contributed by atoms with Gasteiger partial charge in [0.1, 0.15) is 22.6 Å². The first-order valence-electron chi connectivity index (χ1n) is 12.6. The van der Waals surface area contributed by atoms with Gasteiger partial charge in [-0.25, -0.2) is 4.98 Å². The minimum Gasteiger partial charge on any atom is -0.389 e. The lowest BCUT2D eigenvalue weighted by atomic mass is 9.72. The Morgan fingerprint density at radius 3 is 2.81 bits per heavy atom. The maximum absolute atomic E-state index is 9.81. The molecule has 188 valence electrons. The minimum absolute atomic E-state index is 0.155. The molecule has 2 saturated heterocycles. The van der Waals surface area contributed by atoms with Gasteiger partial charge in [0.2, 0.25) is 11.7 Å².